The van der Waals surface area contributed by atoms with Gasteiger partial charge < -0.3 is 19.9 Å². The number of benzene rings is 3. The molecular weight excluding hydrogens is 607 g/mol. The van der Waals surface area contributed by atoms with Crippen LogP contribution in [0, 0.1) is 6.07 Å². The summed E-state index contributed by atoms with van der Waals surface area (Å²) in [5.41, 5.74) is 4.55. The fourth-order valence-electron chi connectivity index (χ4n) is 3.51. The number of carbonyl (C=O) groups excluding carboxylic acids is 1. The van der Waals surface area contributed by atoms with E-state index in [-0.39, 0.29) is 38.3 Å². The molecule has 0 aliphatic rings. The van der Waals surface area contributed by atoms with Gasteiger partial charge in [-0.3, -0.25) is 4.79 Å². The topological polar surface area (TPSA) is 79.7 Å². The zero-order valence-corrected chi connectivity index (χ0v) is 21.6. The van der Waals surface area contributed by atoms with Crippen molar-refractivity contribution < 1.29 is 39.8 Å². The van der Waals surface area contributed by atoms with Gasteiger partial charge in [0.2, 0.25) is 0 Å². The number of fused-ring (bicyclic) bond motifs is 1. The summed E-state index contributed by atoms with van der Waals surface area (Å²) in [4.78, 5) is 14.5. The molecule has 6 heteroatoms. The molecule has 34 heavy (non-hydrogen) atoms. The molecule has 0 fully saturated rings. The van der Waals surface area contributed by atoms with Crippen LogP contribution in [-0.4, -0.2) is 28.1 Å². The number of pyridine rings is 1. The third-order valence-electron chi connectivity index (χ3n) is 4.93. The molecule has 0 saturated carbocycles. The van der Waals surface area contributed by atoms with E-state index in [2.05, 4.69) is 47.4 Å². The van der Waals surface area contributed by atoms with Crippen LogP contribution in [0.5, 0.6) is 5.75 Å². The van der Waals surface area contributed by atoms with E-state index in [1.165, 1.54) is 30.7 Å². The van der Waals surface area contributed by atoms with Gasteiger partial charge >= 0.3 is 0 Å². The third kappa shape index (κ3) is 6.84. The molecule has 0 atom stereocenters. The van der Waals surface area contributed by atoms with Gasteiger partial charge in [-0.15, -0.1) is 17.7 Å². The molecule has 0 amide bonds. The minimum atomic E-state index is -0.125. The van der Waals surface area contributed by atoms with E-state index >= 15 is 0 Å². The van der Waals surface area contributed by atoms with E-state index in [1.54, 1.807) is 19.4 Å². The summed E-state index contributed by atoms with van der Waals surface area (Å²) in [5.74, 6) is 0.607. The van der Waals surface area contributed by atoms with Crippen LogP contribution >= 0.6 is 0 Å². The molecule has 1 radical (unpaired) electrons. The number of hydrogen-bond donors (Lipinski definition) is 2. The van der Waals surface area contributed by atoms with Crippen molar-refractivity contribution in [1.29, 1.82) is 0 Å². The Bertz CT molecular complexity index is 1290. The standard InChI is InChI=1S/C23H18NO2.C5H8O2.Ir/c1-26-19-9-10-22(18(13-19)15-25)23-14-17(11-12-24-23)21-8-4-6-16-5-2-3-7-20(16)21;1-4(6)3-5(2)7;/h2-9,11-14,25H,15H2,1H3;3,6H,1-2H3;/q-1;;/b;4-3-;. The fraction of sp³-hybridized carbons (Fsp3) is 0.143. The number of rotatable bonds is 5. The number of aliphatic hydroxyl groups excluding tert-OH is 2. The van der Waals surface area contributed by atoms with Gasteiger partial charge in [0.05, 0.1) is 12.9 Å². The Morgan fingerprint density at radius 2 is 1.82 bits per heavy atom. The first-order chi connectivity index (χ1) is 15.9. The monoisotopic (exact) mass is 633 g/mol. The smallest absolute Gasteiger partial charge is 0.155 e. The average molecular weight is 633 g/mol. The number of ether oxygens (including phenoxy) is 1. The Morgan fingerprint density at radius 3 is 2.47 bits per heavy atom. The molecule has 0 aliphatic heterocycles. The second kappa shape index (κ2) is 12.8. The third-order valence-corrected chi connectivity index (χ3v) is 4.93. The molecule has 1 heterocycles. The van der Waals surface area contributed by atoms with Crippen molar-refractivity contribution in [3.8, 4) is 28.1 Å². The van der Waals surface area contributed by atoms with E-state index in [4.69, 9.17) is 9.84 Å². The summed E-state index contributed by atoms with van der Waals surface area (Å²) < 4.78 is 5.23. The van der Waals surface area contributed by atoms with Crippen LogP contribution < -0.4 is 4.74 Å². The van der Waals surface area contributed by atoms with Gasteiger partial charge in [-0.05, 0) is 47.5 Å². The van der Waals surface area contributed by atoms with Gasteiger partial charge in [-0.2, -0.15) is 0 Å². The largest absolute Gasteiger partial charge is 0.540 e. The van der Waals surface area contributed by atoms with E-state index < -0.39 is 0 Å². The molecule has 0 unspecified atom stereocenters. The van der Waals surface area contributed by atoms with E-state index in [0.717, 1.165) is 27.9 Å². The number of hydrogen-bond acceptors (Lipinski definition) is 5. The first-order valence-corrected chi connectivity index (χ1v) is 10.4. The molecule has 4 aromatic rings. The first-order valence-electron chi connectivity index (χ1n) is 10.4. The van der Waals surface area contributed by atoms with Crippen LogP contribution in [0.2, 0.25) is 0 Å². The summed E-state index contributed by atoms with van der Waals surface area (Å²) >= 11 is 0. The molecule has 1 aromatic heterocycles. The van der Waals surface area contributed by atoms with Crippen LogP contribution in [0.15, 0.2) is 84.8 Å². The molecule has 0 spiro atoms. The number of aromatic nitrogens is 1. The Balaban J connectivity index is 0.000000449. The van der Waals surface area contributed by atoms with Crippen LogP contribution in [0.25, 0.3) is 33.2 Å². The number of ketones is 1. The van der Waals surface area contributed by atoms with Crippen molar-refractivity contribution in [2.75, 3.05) is 7.11 Å². The van der Waals surface area contributed by atoms with E-state index in [9.17, 15) is 9.90 Å². The van der Waals surface area contributed by atoms with Crippen molar-refractivity contribution in [1.82, 2.24) is 4.98 Å². The van der Waals surface area contributed by atoms with Gasteiger partial charge in [0.15, 0.2) is 5.78 Å². The van der Waals surface area contributed by atoms with Gasteiger partial charge in [-0.1, -0.05) is 60.2 Å². The maximum atomic E-state index is 10.0. The quantitative estimate of drug-likeness (QED) is 0.163. The van der Waals surface area contributed by atoms with E-state index in [1.807, 2.05) is 24.3 Å². The fourth-order valence-corrected chi connectivity index (χ4v) is 3.51. The summed E-state index contributed by atoms with van der Waals surface area (Å²) in [6.07, 6.45) is 2.96. The van der Waals surface area contributed by atoms with Crippen molar-refractivity contribution >= 4 is 16.6 Å². The van der Waals surface area contributed by atoms with Crippen LogP contribution in [0.4, 0.5) is 0 Å². The van der Waals surface area contributed by atoms with Gasteiger partial charge in [0.25, 0.3) is 0 Å². The van der Waals surface area contributed by atoms with Gasteiger partial charge in [-0.25, -0.2) is 0 Å². The SMILES string of the molecule is CC(=O)/C=C(/C)O.COc1c[c-]c(-c2cc(-c3cccc4ccccc34)ccn2)c(CO)c1.[Ir]. The maximum absolute atomic E-state index is 10.0. The van der Waals surface area contributed by atoms with Crippen LogP contribution in [0.1, 0.15) is 19.4 Å². The normalized spacial score (nSPS) is 10.6. The molecule has 2 N–H and O–H groups in total. The summed E-state index contributed by atoms with van der Waals surface area (Å²) in [6, 6.07) is 25.5. The second-order valence-electron chi connectivity index (χ2n) is 7.45. The zero-order valence-electron chi connectivity index (χ0n) is 19.2. The molecule has 3 aromatic carbocycles. The van der Waals surface area contributed by atoms with Crippen molar-refractivity contribution in [3.05, 3.63) is 96.4 Å². The van der Waals surface area contributed by atoms with E-state index in [0.29, 0.717) is 5.75 Å². The van der Waals surface area contributed by atoms with Crippen molar-refractivity contribution in [2.45, 2.75) is 20.5 Å². The predicted octanol–water partition coefficient (Wildman–Crippen LogP) is 5.90. The Labute approximate surface area is 213 Å². The molecule has 0 aliphatic carbocycles. The van der Waals surface area contributed by atoms with Gasteiger partial charge in [0, 0.05) is 44.7 Å². The number of aliphatic hydroxyl groups is 2. The molecule has 0 bridgehead atoms. The van der Waals surface area contributed by atoms with Crippen molar-refractivity contribution in [2.24, 2.45) is 0 Å². The number of nitrogens with zero attached hydrogens (tertiary/aromatic N) is 1. The first kappa shape index (κ1) is 26.9. The molecule has 177 valence electrons. The average Bonchev–Trinajstić information content (AvgIpc) is 2.83. The van der Waals surface area contributed by atoms with Crippen LogP contribution in [0.3, 0.4) is 0 Å². The maximum Gasteiger partial charge on any atom is 0.155 e. The summed E-state index contributed by atoms with van der Waals surface area (Å²) in [7, 11) is 1.60. The predicted molar refractivity (Wildman–Crippen MR) is 131 cm³/mol. The second-order valence-corrected chi connectivity index (χ2v) is 7.45. The number of methoxy groups -OCH3 is 1. The Kier molecular flexibility index (Phi) is 10.1. The zero-order chi connectivity index (χ0) is 23.8. The van der Waals surface area contributed by atoms with Crippen LogP contribution in [-0.2, 0) is 31.5 Å². The summed E-state index contributed by atoms with van der Waals surface area (Å²) in [6.45, 7) is 2.75. The number of allylic oxidation sites excluding steroid dienone is 2. The summed E-state index contributed by atoms with van der Waals surface area (Å²) in [5, 5.41) is 20.5. The minimum Gasteiger partial charge on any atom is -0.540 e. The van der Waals surface area contributed by atoms with Crippen molar-refractivity contribution in [3.63, 3.8) is 0 Å². The number of carbonyl (C=O) groups is 1. The molecule has 4 rings (SSSR count). The Morgan fingerprint density at radius 1 is 1.09 bits per heavy atom. The molecule has 0 saturated heterocycles. The minimum absolute atomic E-state index is 0. The Hall–Kier alpha value is -3.31. The molecular formula is C28H26IrNO4-. The van der Waals surface area contributed by atoms with Gasteiger partial charge in [0.1, 0.15) is 0 Å². The molecule has 5 nitrogen and oxygen atoms in total.